The predicted octanol–water partition coefficient (Wildman–Crippen LogP) is 2.21. The fourth-order valence-electron chi connectivity index (χ4n) is 2.12. The van der Waals surface area contributed by atoms with E-state index in [1.807, 2.05) is 12.4 Å². The molecule has 1 aromatic heterocycles. The number of aromatic nitrogens is 2. The highest BCUT2D eigenvalue weighted by Crippen LogP contribution is 2.35. The average molecular weight is 248 g/mol. The molecule has 4 nitrogen and oxygen atoms in total. The second-order valence-electron chi connectivity index (χ2n) is 5.23. The van der Waals surface area contributed by atoms with E-state index < -0.39 is 0 Å². The van der Waals surface area contributed by atoms with E-state index in [0.29, 0.717) is 6.04 Å². The van der Waals surface area contributed by atoms with Gasteiger partial charge in [-0.05, 0) is 38.6 Å². The molecule has 0 amide bonds. The number of hydrogen-bond acceptors (Lipinski definition) is 4. The summed E-state index contributed by atoms with van der Waals surface area (Å²) >= 11 is 0. The molecule has 0 aromatic carbocycles. The Labute approximate surface area is 110 Å². The highest BCUT2D eigenvalue weighted by molar-refractivity contribution is 5.36. The van der Waals surface area contributed by atoms with E-state index >= 15 is 0 Å². The maximum Gasteiger partial charge on any atom is 0.147 e. The van der Waals surface area contributed by atoms with Gasteiger partial charge in [0.15, 0.2) is 0 Å². The predicted molar refractivity (Wildman–Crippen MR) is 74.6 cm³/mol. The van der Waals surface area contributed by atoms with E-state index in [1.54, 1.807) is 0 Å². The Morgan fingerprint density at radius 2 is 2.17 bits per heavy atom. The minimum absolute atomic E-state index is 0.573. The fourth-order valence-corrected chi connectivity index (χ4v) is 2.12. The summed E-state index contributed by atoms with van der Waals surface area (Å²) in [5.74, 6) is 1.83. The van der Waals surface area contributed by atoms with E-state index in [0.717, 1.165) is 36.9 Å². The van der Waals surface area contributed by atoms with Crippen LogP contribution in [0.2, 0.25) is 0 Å². The molecule has 1 heterocycles. The molecule has 1 saturated carbocycles. The summed E-state index contributed by atoms with van der Waals surface area (Å²) in [4.78, 5) is 11.2. The van der Waals surface area contributed by atoms with Gasteiger partial charge in [-0.25, -0.2) is 4.98 Å². The molecule has 18 heavy (non-hydrogen) atoms. The summed E-state index contributed by atoms with van der Waals surface area (Å²) in [5, 5.41) is 3.33. The molecule has 1 aliphatic rings. The van der Waals surface area contributed by atoms with Gasteiger partial charge in [-0.1, -0.05) is 6.92 Å². The van der Waals surface area contributed by atoms with Crippen LogP contribution >= 0.6 is 0 Å². The Bertz CT molecular complexity index is 359. The summed E-state index contributed by atoms with van der Waals surface area (Å²) < 4.78 is 0. The molecule has 100 valence electrons. The molecule has 0 bridgehead atoms. The van der Waals surface area contributed by atoms with Crippen LogP contribution < -0.4 is 10.2 Å². The maximum atomic E-state index is 4.51. The summed E-state index contributed by atoms with van der Waals surface area (Å²) in [5.41, 5.74) is 1.01. The number of nitrogens with zero attached hydrogens (tertiary/aromatic N) is 3. The molecule has 4 heteroatoms. The molecular formula is C14H24N4. The zero-order valence-electron chi connectivity index (χ0n) is 11.7. The van der Waals surface area contributed by atoms with Crippen LogP contribution in [0.4, 0.5) is 5.82 Å². The molecular weight excluding hydrogens is 224 g/mol. The number of rotatable bonds is 7. The van der Waals surface area contributed by atoms with Crippen LogP contribution in [0.15, 0.2) is 12.4 Å². The zero-order valence-corrected chi connectivity index (χ0v) is 11.7. The van der Waals surface area contributed by atoms with Crippen molar-refractivity contribution in [3.63, 3.8) is 0 Å². The lowest BCUT2D eigenvalue weighted by Crippen LogP contribution is -2.31. The van der Waals surface area contributed by atoms with Gasteiger partial charge in [0, 0.05) is 19.6 Å². The zero-order chi connectivity index (χ0) is 13.0. The van der Waals surface area contributed by atoms with Crippen molar-refractivity contribution in [1.29, 1.82) is 0 Å². The SMILES string of the molecule is CCCNCc1cnc(N(C)C(C)C2CC2)cn1. The molecule has 1 aliphatic carbocycles. The Morgan fingerprint density at radius 3 is 2.72 bits per heavy atom. The van der Waals surface area contributed by atoms with Crippen molar-refractivity contribution in [3.05, 3.63) is 18.1 Å². The summed E-state index contributed by atoms with van der Waals surface area (Å²) in [7, 11) is 2.11. The van der Waals surface area contributed by atoms with E-state index in [2.05, 4.69) is 41.1 Å². The van der Waals surface area contributed by atoms with Crippen LogP contribution in [0.3, 0.4) is 0 Å². The van der Waals surface area contributed by atoms with Gasteiger partial charge >= 0.3 is 0 Å². The third-order valence-electron chi connectivity index (χ3n) is 3.70. The maximum absolute atomic E-state index is 4.51. The lowest BCUT2D eigenvalue weighted by atomic mass is 10.2. The smallest absolute Gasteiger partial charge is 0.147 e. The van der Waals surface area contributed by atoms with Crippen LogP contribution in [0, 0.1) is 5.92 Å². The first kappa shape index (κ1) is 13.3. The minimum Gasteiger partial charge on any atom is -0.355 e. The van der Waals surface area contributed by atoms with Gasteiger partial charge in [0.05, 0.1) is 18.1 Å². The van der Waals surface area contributed by atoms with Crippen LogP contribution in [0.1, 0.15) is 38.8 Å². The second kappa shape index (κ2) is 6.14. The monoisotopic (exact) mass is 248 g/mol. The van der Waals surface area contributed by atoms with Crippen molar-refractivity contribution in [2.24, 2.45) is 5.92 Å². The lowest BCUT2D eigenvalue weighted by molar-refractivity contribution is 0.601. The van der Waals surface area contributed by atoms with Crippen molar-refractivity contribution in [2.45, 2.75) is 45.7 Å². The van der Waals surface area contributed by atoms with Crippen molar-refractivity contribution in [1.82, 2.24) is 15.3 Å². The Kier molecular flexibility index (Phi) is 4.53. The summed E-state index contributed by atoms with van der Waals surface area (Å²) in [6.45, 7) is 6.27. The van der Waals surface area contributed by atoms with Gasteiger partial charge in [0.25, 0.3) is 0 Å². The van der Waals surface area contributed by atoms with Gasteiger partial charge < -0.3 is 10.2 Å². The molecule has 2 rings (SSSR count). The van der Waals surface area contributed by atoms with Crippen molar-refractivity contribution < 1.29 is 0 Å². The molecule has 1 aromatic rings. The molecule has 1 fully saturated rings. The first-order chi connectivity index (χ1) is 8.72. The second-order valence-corrected chi connectivity index (χ2v) is 5.23. The molecule has 0 spiro atoms. The normalized spacial score (nSPS) is 16.6. The van der Waals surface area contributed by atoms with Crippen molar-refractivity contribution in [3.8, 4) is 0 Å². The van der Waals surface area contributed by atoms with Gasteiger partial charge in [0.2, 0.25) is 0 Å². The van der Waals surface area contributed by atoms with E-state index in [9.17, 15) is 0 Å². The van der Waals surface area contributed by atoms with Gasteiger partial charge in [0.1, 0.15) is 5.82 Å². The molecule has 0 aliphatic heterocycles. The number of hydrogen-bond donors (Lipinski definition) is 1. The third-order valence-corrected chi connectivity index (χ3v) is 3.70. The Morgan fingerprint density at radius 1 is 1.39 bits per heavy atom. The number of anilines is 1. The van der Waals surface area contributed by atoms with Crippen molar-refractivity contribution in [2.75, 3.05) is 18.5 Å². The average Bonchev–Trinajstić information content (AvgIpc) is 3.22. The first-order valence-electron chi connectivity index (χ1n) is 6.96. The van der Waals surface area contributed by atoms with Crippen LogP contribution in [-0.4, -0.2) is 29.6 Å². The quantitative estimate of drug-likeness (QED) is 0.751. The molecule has 1 N–H and O–H groups in total. The summed E-state index contributed by atoms with van der Waals surface area (Å²) in [6.07, 6.45) is 7.64. The van der Waals surface area contributed by atoms with Crippen LogP contribution in [-0.2, 0) is 6.54 Å². The molecule has 1 unspecified atom stereocenters. The van der Waals surface area contributed by atoms with Crippen molar-refractivity contribution >= 4 is 5.82 Å². The van der Waals surface area contributed by atoms with E-state index in [4.69, 9.17) is 0 Å². The van der Waals surface area contributed by atoms with Crippen LogP contribution in [0.5, 0.6) is 0 Å². The minimum atomic E-state index is 0.573. The third kappa shape index (κ3) is 3.42. The summed E-state index contributed by atoms with van der Waals surface area (Å²) in [6, 6.07) is 0.573. The fraction of sp³-hybridized carbons (Fsp3) is 0.714. The molecule has 0 saturated heterocycles. The van der Waals surface area contributed by atoms with Gasteiger partial charge in [-0.2, -0.15) is 0 Å². The van der Waals surface area contributed by atoms with Gasteiger partial charge in [-0.15, -0.1) is 0 Å². The molecule has 0 radical (unpaired) electrons. The van der Waals surface area contributed by atoms with E-state index in [1.165, 1.54) is 12.8 Å². The highest BCUT2D eigenvalue weighted by atomic mass is 15.2. The van der Waals surface area contributed by atoms with Crippen LogP contribution in [0.25, 0.3) is 0 Å². The Balaban J connectivity index is 1.89. The first-order valence-corrected chi connectivity index (χ1v) is 6.96. The highest BCUT2D eigenvalue weighted by Gasteiger charge is 2.31. The number of nitrogens with one attached hydrogen (secondary N) is 1. The van der Waals surface area contributed by atoms with E-state index in [-0.39, 0.29) is 0 Å². The topological polar surface area (TPSA) is 41.1 Å². The Hall–Kier alpha value is -1.16. The lowest BCUT2D eigenvalue weighted by Gasteiger charge is -2.25. The largest absolute Gasteiger partial charge is 0.355 e. The molecule has 1 atom stereocenters. The standard InChI is InChI=1S/C14H24N4/c1-4-7-15-8-13-9-17-14(10-16-13)18(3)11(2)12-5-6-12/h9-12,15H,4-8H2,1-3H3. The van der Waals surface area contributed by atoms with Gasteiger partial charge in [-0.3, -0.25) is 4.98 Å².